The van der Waals surface area contributed by atoms with Crippen molar-refractivity contribution in [2.45, 2.75) is 32.9 Å². The molecule has 1 atom stereocenters. The second kappa shape index (κ2) is 7.42. The molecule has 6 heteroatoms. The number of amides is 1. The van der Waals surface area contributed by atoms with Crippen LogP contribution in [0.1, 0.15) is 35.0 Å². The lowest BCUT2D eigenvalue weighted by molar-refractivity contribution is 0.0914. The van der Waals surface area contributed by atoms with Gasteiger partial charge in [0.1, 0.15) is 0 Å². The van der Waals surface area contributed by atoms with Gasteiger partial charge < -0.3 is 10.4 Å². The Hall–Kier alpha value is -1.85. The van der Waals surface area contributed by atoms with Crippen molar-refractivity contribution in [1.82, 2.24) is 15.1 Å². The fourth-order valence-corrected chi connectivity index (χ4v) is 2.40. The summed E-state index contributed by atoms with van der Waals surface area (Å²) in [5, 5.41) is 17.0. The van der Waals surface area contributed by atoms with Crippen molar-refractivity contribution in [3.05, 3.63) is 52.3 Å². The van der Waals surface area contributed by atoms with E-state index in [4.69, 9.17) is 16.7 Å². The van der Waals surface area contributed by atoms with Crippen molar-refractivity contribution in [2.75, 3.05) is 6.61 Å². The number of hydrogen-bond acceptors (Lipinski definition) is 3. The summed E-state index contributed by atoms with van der Waals surface area (Å²) in [6.07, 6.45) is 2.40. The normalized spacial score (nSPS) is 12.2. The molecule has 1 amide bonds. The topological polar surface area (TPSA) is 67.2 Å². The number of aryl methyl sites for hydroxylation is 1. The van der Waals surface area contributed by atoms with Crippen molar-refractivity contribution < 1.29 is 9.90 Å². The lowest BCUT2D eigenvalue weighted by Gasteiger charge is -2.13. The van der Waals surface area contributed by atoms with Gasteiger partial charge in [0.05, 0.1) is 30.5 Å². The zero-order valence-corrected chi connectivity index (χ0v) is 13.5. The maximum Gasteiger partial charge on any atom is 0.255 e. The second-order valence-corrected chi connectivity index (χ2v) is 5.65. The molecule has 0 aliphatic carbocycles. The monoisotopic (exact) mass is 321 g/mol. The van der Waals surface area contributed by atoms with Gasteiger partial charge in [0.15, 0.2) is 0 Å². The van der Waals surface area contributed by atoms with E-state index in [1.807, 2.05) is 31.2 Å². The maximum absolute atomic E-state index is 12.2. The van der Waals surface area contributed by atoms with Crippen LogP contribution in [0.15, 0.2) is 30.5 Å². The van der Waals surface area contributed by atoms with Gasteiger partial charge in [0, 0.05) is 11.2 Å². The van der Waals surface area contributed by atoms with E-state index in [0.29, 0.717) is 29.2 Å². The van der Waals surface area contributed by atoms with Crippen LogP contribution < -0.4 is 5.32 Å². The molecule has 1 heterocycles. The summed E-state index contributed by atoms with van der Waals surface area (Å²) < 4.78 is 1.72. The van der Waals surface area contributed by atoms with Crippen LogP contribution in [0.3, 0.4) is 0 Å². The molecular formula is C16H20ClN3O2. The molecule has 0 aliphatic heterocycles. The molecule has 118 valence electrons. The van der Waals surface area contributed by atoms with Crippen LogP contribution in [0.2, 0.25) is 5.02 Å². The molecule has 1 unspecified atom stereocenters. The minimum atomic E-state index is -0.233. The van der Waals surface area contributed by atoms with Gasteiger partial charge in [-0.05, 0) is 31.0 Å². The van der Waals surface area contributed by atoms with Crippen LogP contribution in [-0.2, 0) is 6.54 Å². The number of benzene rings is 1. The Morgan fingerprint density at radius 1 is 1.50 bits per heavy atom. The van der Waals surface area contributed by atoms with Crippen molar-refractivity contribution in [3.8, 4) is 0 Å². The van der Waals surface area contributed by atoms with Gasteiger partial charge in [0.2, 0.25) is 0 Å². The molecular weight excluding hydrogens is 302 g/mol. The number of halogens is 1. The van der Waals surface area contributed by atoms with Crippen LogP contribution >= 0.6 is 11.6 Å². The van der Waals surface area contributed by atoms with E-state index >= 15 is 0 Å². The smallest absolute Gasteiger partial charge is 0.255 e. The Labute approximate surface area is 134 Å². The van der Waals surface area contributed by atoms with Gasteiger partial charge in [-0.2, -0.15) is 5.10 Å². The number of rotatable bonds is 6. The molecule has 22 heavy (non-hydrogen) atoms. The van der Waals surface area contributed by atoms with Crippen molar-refractivity contribution in [1.29, 1.82) is 0 Å². The molecule has 0 fully saturated rings. The Bertz CT molecular complexity index is 651. The predicted molar refractivity (Wildman–Crippen MR) is 86.1 cm³/mol. The Balaban J connectivity index is 2.12. The van der Waals surface area contributed by atoms with Gasteiger partial charge in [-0.1, -0.05) is 30.7 Å². The highest BCUT2D eigenvalue weighted by Crippen LogP contribution is 2.13. The third-order valence-corrected chi connectivity index (χ3v) is 3.71. The minimum absolute atomic E-state index is 0.0715. The molecule has 0 spiro atoms. The molecule has 0 saturated carbocycles. The van der Waals surface area contributed by atoms with Crippen molar-refractivity contribution >= 4 is 17.5 Å². The number of nitrogens with one attached hydrogen (secondary N) is 1. The predicted octanol–water partition coefficient (Wildman–Crippen LogP) is 2.39. The first kappa shape index (κ1) is 16.5. The highest BCUT2D eigenvalue weighted by Gasteiger charge is 2.16. The highest BCUT2D eigenvalue weighted by molar-refractivity contribution is 6.30. The molecule has 2 aromatic rings. The summed E-state index contributed by atoms with van der Waals surface area (Å²) in [5.74, 6) is -0.212. The average molecular weight is 322 g/mol. The molecule has 0 radical (unpaired) electrons. The SMILES string of the molecule is CCC(CO)NC(=O)c1cn(Cc2cccc(Cl)c2)nc1C. The van der Waals surface area contributed by atoms with Crippen LogP contribution in [0.5, 0.6) is 0 Å². The second-order valence-electron chi connectivity index (χ2n) is 5.22. The largest absolute Gasteiger partial charge is 0.394 e. The first-order valence-corrected chi connectivity index (χ1v) is 7.61. The van der Waals surface area contributed by atoms with Gasteiger partial charge in [0.25, 0.3) is 5.91 Å². The van der Waals surface area contributed by atoms with Gasteiger partial charge >= 0.3 is 0 Å². The van der Waals surface area contributed by atoms with Crippen molar-refractivity contribution in [3.63, 3.8) is 0 Å². The summed E-state index contributed by atoms with van der Waals surface area (Å²) in [6.45, 7) is 4.18. The van der Waals surface area contributed by atoms with Gasteiger partial charge in [-0.15, -0.1) is 0 Å². The molecule has 2 rings (SSSR count). The standard InChI is InChI=1S/C16H20ClN3O2/c1-3-14(10-21)18-16(22)15-9-20(19-11(15)2)8-12-5-4-6-13(17)7-12/h4-7,9,14,21H,3,8,10H2,1-2H3,(H,18,22). The van der Waals surface area contributed by atoms with E-state index in [0.717, 1.165) is 5.56 Å². The Kier molecular flexibility index (Phi) is 5.57. The number of carbonyl (C=O) groups is 1. The number of nitrogens with zero attached hydrogens (tertiary/aromatic N) is 2. The minimum Gasteiger partial charge on any atom is -0.394 e. The Morgan fingerprint density at radius 2 is 2.27 bits per heavy atom. The maximum atomic E-state index is 12.2. The fourth-order valence-electron chi connectivity index (χ4n) is 2.18. The van der Waals surface area contributed by atoms with Crippen LogP contribution in [-0.4, -0.2) is 33.4 Å². The van der Waals surface area contributed by atoms with Crippen molar-refractivity contribution in [2.24, 2.45) is 0 Å². The van der Waals surface area contributed by atoms with E-state index in [1.54, 1.807) is 17.8 Å². The van der Waals surface area contributed by atoms with Crippen LogP contribution in [0.4, 0.5) is 0 Å². The van der Waals surface area contributed by atoms with Crippen LogP contribution in [0, 0.1) is 6.92 Å². The van der Waals surface area contributed by atoms with E-state index < -0.39 is 0 Å². The van der Waals surface area contributed by atoms with Crippen LogP contribution in [0.25, 0.3) is 0 Å². The summed E-state index contributed by atoms with van der Waals surface area (Å²) in [4.78, 5) is 12.2. The van der Waals surface area contributed by atoms with E-state index in [9.17, 15) is 4.79 Å². The van der Waals surface area contributed by atoms with E-state index in [-0.39, 0.29) is 18.6 Å². The third kappa shape index (κ3) is 4.08. The highest BCUT2D eigenvalue weighted by atomic mass is 35.5. The zero-order chi connectivity index (χ0) is 16.1. The molecule has 5 nitrogen and oxygen atoms in total. The quantitative estimate of drug-likeness (QED) is 0.858. The van der Waals surface area contributed by atoms with Gasteiger partial charge in [-0.3, -0.25) is 9.48 Å². The molecule has 2 N–H and O–H groups in total. The molecule has 0 saturated heterocycles. The molecule has 1 aromatic heterocycles. The number of aliphatic hydroxyl groups is 1. The third-order valence-electron chi connectivity index (χ3n) is 3.47. The summed E-state index contributed by atoms with van der Waals surface area (Å²) in [7, 11) is 0. The number of aliphatic hydroxyl groups excluding tert-OH is 1. The first-order valence-electron chi connectivity index (χ1n) is 7.23. The number of carbonyl (C=O) groups excluding carboxylic acids is 1. The van der Waals surface area contributed by atoms with Gasteiger partial charge in [-0.25, -0.2) is 0 Å². The average Bonchev–Trinajstić information content (AvgIpc) is 2.85. The first-order chi connectivity index (χ1) is 10.5. The number of hydrogen-bond donors (Lipinski definition) is 2. The summed E-state index contributed by atoms with van der Waals surface area (Å²) in [6, 6.07) is 7.30. The summed E-state index contributed by atoms with van der Waals surface area (Å²) in [5.41, 5.74) is 2.20. The number of aromatic nitrogens is 2. The summed E-state index contributed by atoms with van der Waals surface area (Å²) >= 11 is 5.97. The fraction of sp³-hybridized carbons (Fsp3) is 0.375. The van der Waals surface area contributed by atoms with E-state index in [1.165, 1.54) is 0 Å². The molecule has 0 bridgehead atoms. The zero-order valence-electron chi connectivity index (χ0n) is 12.7. The lowest BCUT2D eigenvalue weighted by Crippen LogP contribution is -2.37. The Morgan fingerprint density at radius 3 is 2.91 bits per heavy atom. The molecule has 1 aromatic carbocycles. The lowest BCUT2D eigenvalue weighted by atomic mass is 10.2. The van der Waals surface area contributed by atoms with E-state index in [2.05, 4.69) is 10.4 Å². The molecule has 0 aliphatic rings.